The van der Waals surface area contributed by atoms with E-state index in [4.69, 9.17) is 4.74 Å². The van der Waals surface area contributed by atoms with E-state index < -0.39 is 0 Å². The second-order valence-electron chi connectivity index (χ2n) is 6.13. The Bertz CT molecular complexity index is 1060. The number of ether oxygens (including phenoxy) is 1. The maximum absolute atomic E-state index is 13.1. The van der Waals surface area contributed by atoms with Crippen LogP contribution in [0.4, 0.5) is 5.69 Å². The molecule has 1 amide bonds. The highest BCUT2D eigenvalue weighted by Crippen LogP contribution is 2.39. The van der Waals surface area contributed by atoms with Crippen molar-refractivity contribution in [2.45, 2.75) is 6.92 Å². The Kier molecular flexibility index (Phi) is 4.77. The van der Waals surface area contributed by atoms with E-state index in [2.05, 4.69) is 9.98 Å². The molecule has 0 N–H and O–H groups in total. The zero-order valence-corrected chi connectivity index (χ0v) is 15.8. The molecule has 7 heteroatoms. The molecule has 0 saturated carbocycles. The highest BCUT2D eigenvalue weighted by Gasteiger charge is 2.48. The fraction of sp³-hybridized carbons (Fsp3) is 0.0476. The number of aromatic nitrogens is 1. The Morgan fingerprint density at radius 3 is 2.71 bits per heavy atom. The lowest BCUT2D eigenvalue weighted by molar-refractivity contribution is -0.131. The van der Waals surface area contributed by atoms with Crippen molar-refractivity contribution in [2.75, 3.05) is 0 Å². The molecule has 3 heterocycles. The predicted octanol–water partition coefficient (Wildman–Crippen LogP) is 4.03. The standard InChI is InChI=1S/C21H16N3O3S/c1-15(25)27-19-8-6-18(7-9-19)24-11-12-28-21(24)23-17(13-20(24)26)5-4-16-3-2-10-22-14-16/h2-14H,1H3/q+1. The van der Waals surface area contributed by atoms with Crippen molar-refractivity contribution >= 4 is 40.6 Å². The fourth-order valence-corrected chi connectivity index (χ4v) is 3.90. The monoisotopic (exact) mass is 390 g/mol. The first kappa shape index (κ1) is 18.1. The SMILES string of the molecule is CC(=O)Oc1ccc([N+]23C=CSC2=NC(C=Cc2cccnc2)=CC3=O)cc1. The van der Waals surface area contributed by atoms with Crippen LogP contribution in [0.15, 0.2) is 83.2 Å². The minimum absolute atomic E-state index is 0.102. The zero-order chi connectivity index (χ0) is 19.6. The summed E-state index contributed by atoms with van der Waals surface area (Å²) in [5, 5.41) is 2.51. The van der Waals surface area contributed by atoms with Crippen LogP contribution in [-0.2, 0) is 9.59 Å². The van der Waals surface area contributed by atoms with E-state index in [0.29, 0.717) is 16.6 Å². The molecule has 1 aromatic heterocycles. The van der Waals surface area contributed by atoms with E-state index in [-0.39, 0.29) is 16.4 Å². The number of hydrogen-bond acceptors (Lipinski definition) is 6. The van der Waals surface area contributed by atoms with Crippen LogP contribution in [0.3, 0.4) is 0 Å². The number of rotatable bonds is 4. The topological polar surface area (TPSA) is 68.6 Å². The first-order chi connectivity index (χ1) is 13.6. The van der Waals surface area contributed by atoms with Crippen molar-refractivity contribution in [3.63, 3.8) is 0 Å². The summed E-state index contributed by atoms with van der Waals surface area (Å²) in [5.74, 6) is -0.0677. The summed E-state index contributed by atoms with van der Waals surface area (Å²) in [7, 11) is 0. The highest BCUT2D eigenvalue weighted by atomic mass is 32.2. The van der Waals surface area contributed by atoms with E-state index >= 15 is 0 Å². The van der Waals surface area contributed by atoms with E-state index in [1.807, 2.05) is 29.8 Å². The van der Waals surface area contributed by atoms with Gasteiger partial charge in [0, 0.05) is 36.9 Å². The molecule has 2 aliphatic rings. The molecule has 6 nitrogen and oxygen atoms in total. The summed E-state index contributed by atoms with van der Waals surface area (Å²) in [5.41, 5.74) is 2.25. The molecule has 2 aromatic rings. The van der Waals surface area contributed by atoms with Crippen molar-refractivity contribution < 1.29 is 14.3 Å². The van der Waals surface area contributed by atoms with Crippen LogP contribution in [-0.4, -0.2) is 22.0 Å². The second-order valence-corrected chi connectivity index (χ2v) is 7.01. The van der Waals surface area contributed by atoms with Crippen molar-refractivity contribution in [1.29, 1.82) is 0 Å². The minimum Gasteiger partial charge on any atom is -0.427 e. The Hall–Kier alpha value is -3.29. The van der Waals surface area contributed by atoms with Gasteiger partial charge >= 0.3 is 11.9 Å². The maximum Gasteiger partial charge on any atom is 0.357 e. The average Bonchev–Trinajstić information content (AvgIpc) is 3.13. The fourth-order valence-electron chi connectivity index (χ4n) is 2.95. The second kappa shape index (κ2) is 7.38. The number of quaternary nitrogens is 1. The summed E-state index contributed by atoms with van der Waals surface area (Å²) in [6, 6.07) is 10.7. The van der Waals surface area contributed by atoms with Crippen LogP contribution in [0.5, 0.6) is 5.75 Å². The smallest absolute Gasteiger partial charge is 0.357 e. The van der Waals surface area contributed by atoms with Gasteiger partial charge in [-0.2, -0.15) is 4.99 Å². The van der Waals surface area contributed by atoms with Crippen LogP contribution in [0, 0.1) is 0 Å². The molecular weight excluding hydrogens is 374 g/mol. The Labute approximate surface area is 166 Å². The molecule has 1 unspecified atom stereocenters. The van der Waals surface area contributed by atoms with Gasteiger partial charge in [-0.1, -0.05) is 12.1 Å². The molecule has 28 heavy (non-hydrogen) atoms. The quantitative estimate of drug-likeness (QED) is 0.448. The Morgan fingerprint density at radius 1 is 1.18 bits per heavy atom. The first-order valence-corrected chi connectivity index (χ1v) is 9.42. The van der Waals surface area contributed by atoms with Crippen LogP contribution in [0.25, 0.3) is 6.08 Å². The molecule has 0 fully saturated rings. The number of pyridine rings is 1. The molecule has 0 radical (unpaired) electrons. The van der Waals surface area contributed by atoms with Crippen LogP contribution in [0.2, 0.25) is 0 Å². The van der Waals surface area contributed by atoms with Gasteiger partial charge in [-0.15, -0.1) is 4.48 Å². The molecule has 0 bridgehead atoms. The third-order valence-corrected chi connectivity index (χ3v) is 5.09. The van der Waals surface area contributed by atoms with Gasteiger partial charge < -0.3 is 4.74 Å². The normalized spacial score (nSPS) is 20.7. The summed E-state index contributed by atoms with van der Waals surface area (Å²) in [6.07, 6.45) is 10.5. The van der Waals surface area contributed by atoms with Crippen LogP contribution < -0.4 is 9.22 Å². The number of hydrogen-bond donors (Lipinski definition) is 0. The lowest BCUT2D eigenvalue weighted by Crippen LogP contribution is -2.51. The lowest BCUT2D eigenvalue weighted by Gasteiger charge is -2.28. The van der Waals surface area contributed by atoms with Crippen molar-refractivity contribution in [3.05, 3.63) is 83.8 Å². The number of benzene rings is 1. The molecule has 4 rings (SSSR count). The van der Waals surface area contributed by atoms with Crippen molar-refractivity contribution in [1.82, 2.24) is 9.47 Å². The van der Waals surface area contributed by atoms with Gasteiger partial charge in [0.05, 0.1) is 11.8 Å². The zero-order valence-electron chi connectivity index (χ0n) is 15.0. The van der Waals surface area contributed by atoms with Gasteiger partial charge in [0.25, 0.3) is 5.17 Å². The van der Waals surface area contributed by atoms with E-state index in [0.717, 1.165) is 11.3 Å². The van der Waals surface area contributed by atoms with Gasteiger partial charge in [-0.25, -0.2) is 4.79 Å². The van der Waals surface area contributed by atoms with Crippen molar-refractivity contribution in [2.24, 2.45) is 4.99 Å². The van der Waals surface area contributed by atoms with E-state index in [9.17, 15) is 9.59 Å². The molecule has 1 atom stereocenters. The predicted molar refractivity (Wildman–Crippen MR) is 110 cm³/mol. The number of carbonyl (C=O) groups excluding carboxylic acids is 2. The third kappa shape index (κ3) is 3.33. The number of allylic oxidation sites excluding steroid dienone is 1. The van der Waals surface area contributed by atoms with E-state index in [1.165, 1.54) is 24.8 Å². The molecule has 0 aliphatic carbocycles. The molecule has 0 saturated heterocycles. The molecule has 2 aliphatic heterocycles. The minimum atomic E-state index is -0.388. The first-order valence-electron chi connectivity index (χ1n) is 8.54. The molecule has 0 spiro atoms. The summed E-state index contributed by atoms with van der Waals surface area (Å²) < 4.78 is 4.97. The number of amides is 1. The lowest BCUT2D eigenvalue weighted by atomic mass is 10.2. The van der Waals surface area contributed by atoms with E-state index in [1.54, 1.807) is 42.7 Å². The summed E-state index contributed by atoms with van der Waals surface area (Å²) in [6.45, 7) is 1.35. The number of nitrogens with zero attached hydrogens (tertiary/aromatic N) is 3. The number of fused-ring (bicyclic) bond motifs is 1. The largest absolute Gasteiger partial charge is 0.427 e. The number of thioether (sulfide) groups is 1. The molecule has 138 valence electrons. The van der Waals surface area contributed by atoms with Gasteiger partial charge in [-0.05, 0) is 41.6 Å². The Morgan fingerprint density at radius 2 is 2.00 bits per heavy atom. The van der Waals surface area contributed by atoms with Gasteiger partial charge in [0.15, 0.2) is 5.69 Å². The van der Waals surface area contributed by atoms with Gasteiger partial charge in [0.1, 0.15) is 11.9 Å². The highest BCUT2D eigenvalue weighted by molar-refractivity contribution is 8.16. The Balaban J connectivity index is 1.64. The van der Waals surface area contributed by atoms with Gasteiger partial charge in [0.2, 0.25) is 0 Å². The summed E-state index contributed by atoms with van der Waals surface area (Å²) in [4.78, 5) is 32.9. The number of amidine groups is 1. The molecule has 1 aromatic carbocycles. The van der Waals surface area contributed by atoms with Gasteiger partial charge in [-0.3, -0.25) is 9.78 Å². The van der Waals surface area contributed by atoms with Crippen LogP contribution >= 0.6 is 11.8 Å². The maximum atomic E-state index is 13.1. The number of esters is 1. The third-order valence-electron chi connectivity index (χ3n) is 4.24. The van der Waals surface area contributed by atoms with Crippen molar-refractivity contribution in [3.8, 4) is 5.75 Å². The summed E-state index contributed by atoms with van der Waals surface area (Å²) >= 11 is 1.41. The molecular formula is C21H16N3O3S+. The average molecular weight is 390 g/mol. The number of aliphatic imine (C=N–C) groups is 1. The number of carbonyl (C=O) groups is 2. The van der Waals surface area contributed by atoms with Crippen LogP contribution in [0.1, 0.15) is 12.5 Å².